The molecule has 0 N–H and O–H groups in total. The third-order valence-electron chi connectivity index (χ3n) is 3.95. The van der Waals surface area contributed by atoms with Crippen LogP contribution in [0.5, 0.6) is 0 Å². The van der Waals surface area contributed by atoms with Gasteiger partial charge in [0, 0.05) is 23.2 Å². The van der Waals surface area contributed by atoms with Gasteiger partial charge in [-0.05, 0) is 30.3 Å². The molecule has 2 aromatic heterocycles. The highest BCUT2D eigenvalue weighted by molar-refractivity contribution is 7.98. The molecular formula is C19H13ClN6OS. The molecule has 0 bridgehead atoms. The molecule has 2 heterocycles. The lowest BCUT2D eigenvalue weighted by molar-refractivity contribution is 0.425. The molecule has 0 unspecified atom stereocenters. The van der Waals surface area contributed by atoms with Gasteiger partial charge in [0.25, 0.3) is 5.89 Å². The molecule has 0 saturated carbocycles. The van der Waals surface area contributed by atoms with Gasteiger partial charge < -0.3 is 9.09 Å². The summed E-state index contributed by atoms with van der Waals surface area (Å²) in [6, 6.07) is 16.7. The highest BCUT2D eigenvalue weighted by Gasteiger charge is 2.14. The molecule has 138 valence electrons. The molecule has 28 heavy (non-hydrogen) atoms. The van der Waals surface area contributed by atoms with E-state index in [1.165, 1.54) is 11.8 Å². The second kappa shape index (κ2) is 7.84. The zero-order valence-electron chi connectivity index (χ0n) is 14.7. The summed E-state index contributed by atoms with van der Waals surface area (Å²) in [6.45, 7) is 0. The van der Waals surface area contributed by atoms with Gasteiger partial charge in [0.05, 0.1) is 17.4 Å². The third-order valence-corrected chi connectivity index (χ3v) is 5.21. The number of aromatic nitrogens is 5. The Labute approximate surface area is 170 Å². The summed E-state index contributed by atoms with van der Waals surface area (Å²) in [6.07, 6.45) is 0. The molecule has 4 rings (SSSR count). The second-order valence-corrected chi connectivity index (χ2v) is 7.25. The standard InChI is InChI=1S/C19H13ClN6OS/c1-26-17(13-5-2-4-12(8-13)10-21)23-24-19(26)28-11-16-22-18(27-25-16)14-6-3-7-15(20)9-14/h2-9H,11H2,1H3. The van der Waals surface area contributed by atoms with Crippen molar-refractivity contribution in [2.24, 2.45) is 7.05 Å². The zero-order chi connectivity index (χ0) is 19.5. The Balaban J connectivity index is 1.49. The Morgan fingerprint density at radius 3 is 2.79 bits per heavy atom. The molecule has 0 saturated heterocycles. The fourth-order valence-electron chi connectivity index (χ4n) is 2.60. The molecule has 0 radical (unpaired) electrons. The molecule has 2 aromatic carbocycles. The second-order valence-electron chi connectivity index (χ2n) is 5.87. The van der Waals surface area contributed by atoms with Gasteiger partial charge in [-0.25, -0.2) is 0 Å². The number of nitriles is 1. The topological polar surface area (TPSA) is 93.4 Å². The maximum absolute atomic E-state index is 9.07. The largest absolute Gasteiger partial charge is 0.334 e. The van der Waals surface area contributed by atoms with Crippen molar-refractivity contribution in [3.8, 4) is 28.9 Å². The number of rotatable bonds is 5. The van der Waals surface area contributed by atoms with E-state index >= 15 is 0 Å². The van der Waals surface area contributed by atoms with E-state index in [9.17, 15) is 0 Å². The minimum absolute atomic E-state index is 0.421. The smallest absolute Gasteiger partial charge is 0.258 e. The first-order valence-electron chi connectivity index (χ1n) is 8.25. The number of thioether (sulfide) groups is 1. The molecular weight excluding hydrogens is 396 g/mol. The first-order valence-corrected chi connectivity index (χ1v) is 9.61. The predicted molar refractivity (Wildman–Crippen MR) is 105 cm³/mol. The van der Waals surface area contributed by atoms with E-state index in [0.717, 1.165) is 11.1 Å². The van der Waals surface area contributed by atoms with Crippen LogP contribution in [0.25, 0.3) is 22.8 Å². The summed E-state index contributed by atoms with van der Waals surface area (Å²) >= 11 is 7.45. The van der Waals surface area contributed by atoms with Crippen LogP contribution < -0.4 is 0 Å². The van der Waals surface area contributed by atoms with Gasteiger partial charge in [-0.2, -0.15) is 10.2 Å². The van der Waals surface area contributed by atoms with E-state index in [2.05, 4.69) is 26.4 Å². The number of hydrogen-bond acceptors (Lipinski definition) is 7. The fourth-order valence-corrected chi connectivity index (χ4v) is 3.54. The van der Waals surface area contributed by atoms with Crippen LogP contribution >= 0.6 is 23.4 Å². The monoisotopic (exact) mass is 408 g/mol. The van der Waals surface area contributed by atoms with Crippen molar-refractivity contribution in [2.45, 2.75) is 10.9 Å². The van der Waals surface area contributed by atoms with Crippen molar-refractivity contribution < 1.29 is 4.52 Å². The molecule has 0 aliphatic rings. The number of benzene rings is 2. The van der Waals surface area contributed by atoms with E-state index in [4.69, 9.17) is 21.4 Å². The Morgan fingerprint density at radius 1 is 1.14 bits per heavy atom. The van der Waals surface area contributed by atoms with Crippen LogP contribution in [0.1, 0.15) is 11.4 Å². The zero-order valence-corrected chi connectivity index (χ0v) is 16.3. The Hall–Kier alpha value is -3.15. The van der Waals surface area contributed by atoms with Crippen LogP contribution in [0.2, 0.25) is 5.02 Å². The minimum Gasteiger partial charge on any atom is -0.334 e. The average molecular weight is 409 g/mol. The van der Waals surface area contributed by atoms with Crippen LogP contribution in [0.4, 0.5) is 0 Å². The summed E-state index contributed by atoms with van der Waals surface area (Å²) in [7, 11) is 1.88. The Morgan fingerprint density at radius 2 is 1.96 bits per heavy atom. The van der Waals surface area contributed by atoms with Gasteiger partial charge in [-0.3, -0.25) is 0 Å². The quantitative estimate of drug-likeness (QED) is 0.453. The van der Waals surface area contributed by atoms with Gasteiger partial charge >= 0.3 is 0 Å². The summed E-state index contributed by atoms with van der Waals surface area (Å²) < 4.78 is 7.19. The summed E-state index contributed by atoms with van der Waals surface area (Å²) in [5.74, 6) is 2.14. The lowest BCUT2D eigenvalue weighted by atomic mass is 10.1. The molecule has 0 atom stereocenters. The maximum atomic E-state index is 9.07. The van der Waals surface area contributed by atoms with E-state index < -0.39 is 0 Å². The third kappa shape index (κ3) is 3.76. The molecule has 0 spiro atoms. The highest BCUT2D eigenvalue weighted by atomic mass is 35.5. The maximum Gasteiger partial charge on any atom is 0.258 e. The molecule has 9 heteroatoms. The SMILES string of the molecule is Cn1c(SCc2noc(-c3cccc(Cl)c3)n2)nnc1-c1cccc(C#N)c1. The van der Waals surface area contributed by atoms with Crippen molar-refractivity contribution in [2.75, 3.05) is 0 Å². The highest BCUT2D eigenvalue weighted by Crippen LogP contribution is 2.26. The summed E-state index contributed by atoms with van der Waals surface area (Å²) in [5, 5.41) is 22.9. The predicted octanol–water partition coefficient (Wildman–Crippen LogP) is 4.35. The van der Waals surface area contributed by atoms with Crippen molar-refractivity contribution >= 4 is 23.4 Å². The van der Waals surface area contributed by atoms with Crippen molar-refractivity contribution in [1.29, 1.82) is 5.26 Å². The molecule has 0 aliphatic heterocycles. The van der Waals surface area contributed by atoms with Crippen molar-refractivity contribution in [3.63, 3.8) is 0 Å². The van der Waals surface area contributed by atoms with Gasteiger partial charge in [0.2, 0.25) is 0 Å². The van der Waals surface area contributed by atoms with E-state index in [0.29, 0.717) is 39.0 Å². The fraction of sp³-hybridized carbons (Fsp3) is 0.105. The number of hydrogen-bond donors (Lipinski definition) is 0. The Kier molecular flexibility index (Phi) is 5.10. The van der Waals surface area contributed by atoms with Crippen LogP contribution in [-0.2, 0) is 12.8 Å². The van der Waals surface area contributed by atoms with E-state index in [1.54, 1.807) is 24.3 Å². The molecule has 4 aromatic rings. The van der Waals surface area contributed by atoms with Crippen molar-refractivity contribution in [3.05, 3.63) is 64.9 Å². The first-order chi connectivity index (χ1) is 13.6. The normalized spacial score (nSPS) is 10.8. The summed E-state index contributed by atoms with van der Waals surface area (Å²) in [5.41, 5.74) is 2.19. The Bertz CT molecular complexity index is 1180. The number of halogens is 1. The first kappa shape index (κ1) is 18.2. The lowest BCUT2D eigenvalue weighted by Crippen LogP contribution is -1.95. The van der Waals surface area contributed by atoms with Crippen LogP contribution in [-0.4, -0.2) is 24.9 Å². The van der Waals surface area contributed by atoms with Gasteiger partial charge in [0.1, 0.15) is 0 Å². The molecule has 0 aliphatic carbocycles. The van der Waals surface area contributed by atoms with Crippen LogP contribution in [0, 0.1) is 11.3 Å². The van der Waals surface area contributed by atoms with Gasteiger partial charge in [-0.1, -0.05) is 46.7 Å². The average Bonchev–Trinajstić information content (AvgIpc) is 3.33. The lowest BCUT2D eigenvalue weighted by Gasteiger charge is -2.03. The van der Waals surface area contributed by atoms with Crippen LogP contribution in [0.3, 0.4) is 0 Å². The van der Waals surface area contributed by atoms with Crippen molar-refractivity contribution in [1.82, 2.24) is 24.9 Å². The minimum atomic E-state index is 0.421. The van der Waals surface area contributed by atoms with Crippen LogP contribution in [0.15, 0.2) is 58.2 Å². The van der Waals surface area contributed by atoms with Gasteiger partial charge in [-0.15, -0.1) is 10.2 Å². The summed E-state index contributed by atoms with van der Waals surface area (Å²) in [4.78, 5) is 4.40. The molecule has 7 nitrogen and oxygen atoms in total. The molecule has 0 amide bonds. The van der Waals surface area contributed by atoms with Gasteiger partial charge in [0.15, 0.2) is 16.8 Å². The number of nitrogens with zero attached hydrogens (tertiary/aromatic N) is 6. The van der Waals surface area contributed by atoms with E-state index in [1.807, 2.05) is 35.9 Å². The molecule has 0 fully saturated rings. The van der Waals surface area contributed by atoms with E-state index in [-0.39, 0.29) is 0 Å².